The van der Waals surface area contributed by atoms with Crippen LogP contribution in [0.1, 0.15) is 17.0 Å². The third-order valence-corrected chi connectivity index (χ3v) is 6.29. The van der Waals surface area contributed by atoms with Crippen molar-refractivity contribution < 1.29 is 8.78 Å². The van der Waals surface area contributed by atoms with Gasteiger partial charge in [0.15, 0.2) is 17.0 Å². The van der Waals surface area contributed by atoms with Crippen LogP contribution in [-0.4, -0.2) is 18.0 Å². The first kappa shape index (κ1) is 21.2. The van der Waals surface area contributed by atoms with Crippen LogP contribution in [-0.2, 0) is 6.54 Å². The minimum absolute atomic E-state index is 0.122. The molecule has 1 heterocycles. The molecule has 32 heavy (non-hydrogen) atoms. The summed E-state index contributed by atoms with van der Waals surface area (Å²) in [5, 5.41) is 29.9. The predicted octanol–water partition coefficient (Wildman–Crippen LogP) is 3.89. The van der Waals surface area contributed by atoms with Crippen LogP contribution in [0.5, 0.6) is 0 Å². The highest BCUT2D eigenvalue weighted by molar-refractivity contribution is 5.59. The second-order valence-corrected chi connectivity index (χ2v) is 8.03. The monoisotopic (exact) mass is 427 g/mol. The Labute approximate surface area is 184 Å². The first-order valence-corrected chi connectivity index (χ1v) is 10.1. The summed E-state index contributed by atoms with van der Waals surface area (Å²) in [5.41, 5.74) is 6.37. The summed E-state index contributed by atoms with van der Waals surface area (Å²) >= 11 is 0. The number of nitrogens with two attached hydrogens (primary N) is 1. The molecule has 0 saturated heterocycles. The lowest BCUT2D eigenvalue weighted by atomic mass is 9.58. The first-order valence-electron chi connectivity index (χ1n) is 10.1. The fourth-order valence-electron chi connectivity index (χ4n) is 4.79. The molecule has 0 fully saturated rings. The number of hydrogen-bond donors (Lipinski definition) is 1. The second-order valence-electron chi connectivity index (χ2n) is 8.03. The molecule has 7 heteroatoms. The number of halogens is 2. The van der Waals surface area contributed by atoms with Gasteiger partial charge in [0.2, 0.25) is 0 Å². The van der Waals surface area contributed by atoms with Gasteiger partial charge in [0, 0.05) is 31.5 Å². The van der Waals surface area contributed by atoms with E-state index in [-0.39, 0.29) is 11.3 Å². The minimum atomic E-state index is -1.88. The second kappa shape index (κ2) is 8.27. The topological polar surface area (TPSA) is 101 Å². The van der Waals surface area contributed by atoms with Gasteiger partial charge in [-0.15, -0.1) is 0 Å². The molecule has 0 unspecified atom stereocenters. The van der Waals surface area contributed by atoms with Crippen molar-refractivity contribution in [3.05, 3.63) is 94.2 Å². The Kier molecular flexibility index (Phi) is 5.49. The lowest BCUT2D eigenvalue weighted by molar-refractivity contribution is 0.201. The van der Waals surface area contributed by atoms with Gasteiger partial charge in [-0.2, -0.15) is 15.8 Å². The van der Waals surface area contributed by atoms with Gasteiger partial charge in [-0.1, -0.05) is 42.5 Å². The number of allylic oxidation sites excluding steroid dienone is 2. The Morgan fingerprint density at radius 2 is 1.75 bits per heavy atom. The number of nitrogens with zero attached hydrogens (tertiary/aromatic N) is 4. The smallest absolute Gasteiger partial charge is 0.191 e. The van der Waals surface area contributed by atoms with Gasteiger partial charge in [0.05, 0.1) is 23.4 Å². The molecular formula is C25H19F2N5. The predicted molar refractivity (Wildman–Crippen MR) is 113 cm³/mol. The first-order chi connectivity index (χ1) is 15.4. The van der Waals surface area contributed by atoms with E-state index in [1.165, 1.54) is 6.07 Å². The van der Waals surface area contributed by atoms with Crippen LogP contribution in [0.4, 0.5) is 8.78 Å². The Morgan fingerprint density at radius 1 is 1.03 bits per heavy atom. The van der Waals surface area contributed by atoms with E-state index in [0.717, 1.165) is 17.7 Å². The van der Waals surface area contributed by atoms with Crippen LogP contribution in [0.3, 0.4) is 0 Å². The Balaban J connectivity index is 1.86. The number of rotatable bonds is 3. The zero-order valence-electron chi connectivity index (χ0n) is 17.1. The van der Waals surface area contributed by atoms with E-state index in [1.54, 1.807) is 0 Å². The molecule has 0 bridgehead atoms. The van der Waals surface area contributed by atoms with Crippen molar-refractivity contribution in [1.82, 2.24) is 4.90 Å². The molecule has 0 radical (unpaired) electrons. The number of benzene rings is 2. The third-order valence-electron chi connectivity index (χ3n) is 6.29. The van der Waals surface area contributed by atoms with Crippen molar-refractivity contribution >= 4 is 0 Å². The van der Waals surface area contributed by atoms with Gasteiger partial charge < -0.3 is 5.73 Å². The molecule has 1 aliphatic carbocycles. The van der Waals surface area contributed by atoms with E-state index in [0.29, 0.717) is 30.8 Å². The highest BCUT2D eigenvalue weighted by atomic mass is 19.2. The van der Waals surface area contributed by atoms with Crippen LogP contribution in [0, 0.1) is 57.0 Å². The van der Waals surface area contributed by atoms with Crippen molar-refractivity contribution in [3.8, 4) is 18.2 Å². The standard InChI is InChI=1S/C25H19F2N5/c26-21-7-6-17(10-22(21)27)23-20-13-32(12-16-4-2-1-3-5-16)9-8-18(20)19(11-28)24(31)25(23,14-29)15-30/h1-8,10,20,23H,9,12-13,31H2/t20-,23-/m1/s1. The van der Waals surface area contributed by atoms with Gasteiger partial charge in [0.25, 0.3) is 0 Å². The van der Waals surface area contributed by atoms with Gasteiger partial charge in [0.1, 0.15) is 6.07 Å². The Bertz CT molecular complexity index is 1230. The molecule has 1 aliphatic heterocycles. The van der Waals surface area contributed by atoms with Crippen molar-refractivity contribution in [1.29, 1.82) is 15.8 Å². The van der Waals surface area contributed by atoms with Crippen molar-refractivity contribution in [2.24, 2.45) is 17.1 Å². The molecule has 5 nitrogen and oxygen atoms in total. The Morgan fingerprint density at radius 3 is 2.38 bits per heavy atom. The van der Waals surface area contributed by atoms with Crippen LogP contribution in [0.25, 0.3) is 0 Å². The number of hydrogen-bond acceptors (Lipinski definition) is 5. The molecule has 4 rings (SSSR count). The molecule has 0 spiro atoms. The molecule has 2 aromatic carbocycles. The average molecular weight is 427 g/mol. The fourth-order valence-corrected chi connectivity index (χ4v) is 4.79. The number of nitriles is 3. The quantitative estimate of drug-likeness (QED) is 0.801. The SMILES string of the molecule is N#CC1=C(N)C(C#N)(C#N)[C@H](c2ccc(F)c(F)c2)[C@@H]2CN(Cc3ccccc3)CC=C12. The summed E-state index contributed by atoms with van der Waals surface area (Å²) < 4.78 is 27.8. The van der Waals surface area contributed by atoms with E-state index in [9.17, 15) is 24.6 Å². The van der Waals surface area contributed by atoms with Crippen molar-refractivity contribution in [3.63, 3.8) is 0 Å². The summed E-state index contributed by atoms with van der Waals surface area (Å²) in [5.74, 6) is -3.42. The summed E-state index contributed by atoms with van der Waals surface area (Å²) in [7, 11) is 0. The van der Waals surface area contributed by atoms with Gasteiger partial charge in [-0.3, -0.25) is 4.90 Å². The molecule has 2 N–H and O–H groups in total. The maximum atomic E-state index is 14.2. The normalized spacial score (nSPS) is 22.2. The molecule has 2 aliphatic rings. The lowest BCUT2D eigenvalue weighted by Gasteiger charge is -2.45. The largest absolute Gasteiger partial charge is 0.399 e. The molecule has 158 valence electrons. The van der Waals surface area contributed by atoms with Crippen LogP contribution >= 0.6 is 0 Å². The maximum absolute atomic E-state index is 14.2. The third kappa shape index (κ3) is 3.32. The zero-order valence-corrected chi connectivity index (χ0v) is 17.1. The molecular weight excluding hydrogens is 408 g/mol. The van der Waals surface area contributed by atoms with Crippen LogP contribution in [0.2, 0.25) is 0 Å². The lowest BCUT2D eigenvalue weighted by Crippen LogP contribution is -2.47. The summed E-state index contributed by atoms with van der Waals surface area (Å²) in [6, 6.07) is 19.3. The summed E-state index contributed by atoms with van der Waals surface area (Å²) in [6.45, 7) is 1.60. The summed E-state index contributed by atoms with van der Waals surface area (Å²) in [6.07, 6.45) is 1.88. The van der Waals surface area contributed by atoms with Crippen LogP contribution < -0.4 is 5.73 Å². The van der Waals surface area contributed by atoms with Crippen molar-refractivity contribution in [2.75, 3.05) is 13.1 Å². The van der Waals surface area contributed by atoms with Gasteiger partial charge in [-0.05, 0) is 28.8 Å². The molecule has 2 aromatic rings. The molecule has 0 amide bonds. The Hall–Kier alpha value is -3.99. The highest BCUT2D eigenvalue weighted by Gasteiger charge is 2.54. The van der Waals surface area contributed by atoms with E-state index >= 15 is 0 Å². The van der Waals surface area contributed by atoms with E-state index < -0.39 is 28.9 Å². The van der Waals surface area contributed by atoms with E-state index in [1.807, 2.05) is 48.5 Å². The molecule has 2 atom stereocenters. The number of fused-ring (bicyclic) bond motifs is 1. The molecule has 0 aromatic heterocycles. The summed E-state index contributed by atoms with van der Waals surface area (Å²) in [4.78, 5) is 2.13. The average Bonchev–Trinajstić information content (AvgIpc) is 2.81. The van der Waals surface area contributed by atoms with Crippen LogP contribution in [0.15, 0.2) is 71.5 Å². The van der Waals surface area contributed by atoms with E-state index in [4.69, 9.17) is 5.73 Å². The fraction of sp³-hybridized carbons (Fsp3) is 0.240. The van der Waals surface area contributed by atoms with E-state index in [2.05, 4.69) is 11.0 Å². The van der Waals surface area contributed by atoms with Crippen molar-refractivity contribution in [2.45, 2.75) is 12.5 Å². The minimum Gasteiger partial charge on any atom is -0.399 e. The highest BCUT2D eigenvalue weighted by Crippen LogP contribution is 2.54. The van der Waals surface area contributed by atoms with Gasteiger partial charge in [-0.25, -0.2) is 8.78 Å². The maximum Gasteiger partial charge on any atom is 0.191 e. The van der Waals surface area contributed by atoms with Gasteiger partial charge >= 0.3 is 0 Å². The zero-order chi connectivity index (χ0) is 22.9. The molecule has 0 saturated carbocycles.